The highest BCUT2D eigenvalue weighted by Gasteiger charge is 2.34. The van der Waals surface area contributed by atoms with Crippen molar-refractivity contribution in [3.05, 3.63) is 0 Å². The van der Waals surface area contributed by atoms with Crippen molar-refractivity contribution in [3.8, 4) is 0 Å². The molecule has 188 valence electrons. The Hall–Kier alpha value is 0.390. The monoisotopic (exact) mass is 456 g/mol. The quantitative estimate of drug-likeness (QED) is 0.101. The lowest BCUT2D eigenvalue weighted by Gasteiger charge is -2.28. The van der Waals surface area contributed by atoms with Crippen molar-refractivity contribution in [1.29, 1.82) is 0 Å². The first kappa shape index (κ1) is 31.4. The van der Waals surface area contributed by atoms with Gasteiger partial charge in [0.2, 0.25) is 0 Å². The molecule has 1 nitrogen and oxygen atoms in total. The molecule has 0 fully saturated rings. The number of nitrogens with one attached hydrogen (secondary N) is 1. The average Bonchev–Trinajstić information content (AvgIpc) is 2.79. The number of rotatable bonds is 26. The molecule has 2 heteroatoms. The lowest BCUT2D eigenvalue weighted by molar-refractivity contribution is 0.535. The van der Waals surface area contributed by atoms with Gasteiger partial charge >= 0.3 is 0 Å². The number of unbranched alkanes of at least 4 members (excludes halogenated alkanes) is 14. The summed E-state index contributed by atoms with van der Waals surface area (Å²) in [4.78, 5) is 0. The molecule has 0 bridgehead atoms. The van der Waals surface area contributed by atoms with Crippen LogP contribution in [0, 0.1) is 0 Å². The van der Waals surface area contributed by atoms with Crippen LogP contribution in [0.4, 0.5) is 0 Å². The van der Waals surface area contributed by atoms with E-state index >= 15 is 0 Å². The zero-order valence-corrected chi connectivity index (χ0v) is 23.5. The molecule has 0 amide bonds. The fourth-order valence-corrected chi connectivity index (χ4v) is 10.0. The SMILES string of the molecule is CCCCCCCCCCCCCCNCCC[P+](CCCC)(CCCC)CCCC. The maximum atomic E-state index is 3.78. The number of hydrogen-bond donors (Lipinski definition) is 1. The minimum atomic E-state index is -0.674. The van der Waals surface area contributed by atoms with Crippen molar-refractivity contribution in [2.75, 3.05) is 37.7 Å². The predicted molar refractivity (Wildman–Crippen MR) is 150 cm³/mol. The normalized spacial score (nSPS) is 12.0. The molecular formula is C29H63NP+. The van der Waals surface area contributed by atoms with E-state index < -0.39 is 7.26 Å². The second-order valence-corrected chi connectivity index (χ2v) is 14.8. The minimum Gasteiger partial charge on any atom is -0.317 e. The van der Waals surface area contributed by atoms with Crippen LogP contribution < -0.4 is 5.32 Å². The molecule has 0 atom stereocenters. The largest absolute Gasteiger partial charge is 0.317 e. The Morgan fingerprint density at radius 1 is 0.355 bits per heavy atom. The Kier molecular flexibility index (Phi) is 25.3. The second kappa shape index (κ2) is 25.0. The van der Waals surface area contributed by atoms with Gasteiger partial charge in [-0.15, -0.1) is 0 Å². The first-order chi connectivity index (χ1) is 15.2. The first-order valence-corrected chi connectivity index (χ1v) is 17.3. The summed E-state index contributed by atoms with van der Waals surface area (Å²) in [5.74, 6) is 0. The topological polar surface area (TPSA) is 12.0 Å². The Bertz CT molecular complexity index is 309. The summed E-state index contributed by atoms with van der Waals surface area (Å²) in [7, 11) is -0.674. The van der Waals surface area contributed by atoms with Gasteiger partial charge in [-0.2, -0.15) is 0 Å². The van der Waals surface area contributed by atoms with Crippen LogP contribution in [0.1, 0.15) is 150 Å². The molecule has 0 aliphatic carbocycles. The molecule has 0 rings (SSSR count). The molecule has 0 saturated heterocycles. The molecule has 0 spiro atoms. The van der Waals surface area contributed by atoms with Gasteiger partial charge in [-0.1, -0.05) is 118 Å². The Morgan fingerprint density at radius 2 is 0.677 bits per heavy atom. The molecule has 0 aromatic carbocycles. The van der Waals surface area contributed by atoms with Gasteiger partial charge in [0.05, 0.1) is 24.6 Å². The summed E-state index contributed by atoms with van der Waals surface area (Å²) in [5.41, 5.74) is 0. The van der Waals surface area contributed by atoms with E-state index in [0.717, 1.165) is 0 Å². The van der Waals surface area contributed by atoms with E-state index in [-0.39, 0.29) is 0 Å². The first-order valence-electron chi connectivity index (χ1n) is 14.8. The summed E-state index contributed by atoms with van der Waals surface area (Å²) in [5, 5.41) is 3.78. The van der Waals surface area contributed by atoms with Crippen LogP contribution in [0.15, 0.2) is 0 Å². The fourth-order valence-electron chi connectivity index (χ4n) is 4.91. The molecule has 1 N–H and O–H groups in total. The molecule has 0 saturated carbocycles. The van der Waals surface area contributed by atoms with Gasteiger partial charge in [-0.05, 0) is 45.2 Å². The minimum absolute atomic E-state index is 0.674. The Labute approximate surface area is 200 Å². The van der Waals surface area contributed by atoms with Crippen LogP contribution in [-0.4, -0.2) is 37.7 Å². The summed E-state index contributed by atoms with van der Waals surface area (Å²) >= 11 is 0. The van der Waals surface area contributed by atoms with E-state index in [1.807, 2.05) is 0 Å². The smallest absolute Gasteiger partial charge is 0.0606 e. The highest BCUT2D eigenvalue weighted by atomic mass is 31.2. The van der Waals surface area contributed by atoms with Gasteiger partial charge in [0.1, 0.15) is 0 Å². The molecule has 0 aliphatic heterocycles. The van der Waals surface area contributed by atoms with Gasteiger partial charge in [0.25, 0.3) is 0 Å². The molecule has 31 heavy (non-hydrogen) atoms. The highest BCUT2D eigenvalue weighted by Crippen LogP contribution is 2.61. The summed E-state index contributed by atoms with van der Waals surface area (Å²) in [6.45, 7) is 12.0. The zero-order valence-electron chi connectivity index (χ0n) is 22.6. The summed E-state index contributed by atoms with van der Waals surface area (Å²) in [6.07, 6.45) is 33.7. The van der Waals surface area contributed by atoms with E-state index in [1.165, 1.54) is 135 Å². The third kappa shape index (κ3) is 20.7. The fraction of sp³-hybridized carbons (Fsp3) is 1.00. The van der Waals surface area contributed by atoms with Crippen LogP contribution in [-0.2, 0) is 0 Å². The molecule has 0 radical (unpaired) electrons. The van der Waals surface area contributed by atoms with E-state index in [0.29, 0.717) is 0 Å². The van der Waals surface area contributed by atoms with Crippen LogP contribution in [0.2, 0.25) is 0 Å². The Balaban J connectivity index is 3.71. The van der Waals surface area contributed by atoms with Crippen LogP contribution in [0.25, 0.3) is 0 Å². The van der Waals surface area contributed by atoms with Gasteiger partial charge in [0, 0.05) is 7.26 Å². The molecule has 0 aliphatic rings. The van der Waals surface area contributed by atoms with Crippen LogP contribution >= 0.6 is 7.26 Å². The maximum Gasteiger partial charge on any atom is 0.0606 e. The molecule has 0 aromatic rings. The highest BCUT2D eigenvalue weighted by molar-refractivity contribution is 7.75. The van der Waals surface area contributed by atoms with E-state index in [2.05, 4.69) is 33.0 Å². The standard InChI is InChI=1S/C29H63NP/c1-5-9-13-14-15-16-17-18-19-20-21-22-24-30-25-23-29-31(26-10-6-2,27-11-7-3)28-12-8-4/h30H,5-29H2,1-4H3/q+1. The van der Waals surface area contributed by atoms with Crippen molar-refractivity contribution in [3.63, 3.8) is 0 Å². The second-order valence-electron chi connectivity index (χ2n) is 10.3. The lowest BCUT2D eigenvalue weighted by atomic mass is 10.1. The van der Waals surface area contributed by atoms with E-state index in [1.54, 1.807) is 24.6 Å². The van der Waals surface area contributed by atoms with Gasteiger partial charge in [0.15, 0.2) is 0 Å². The van der Waals surface area contributed by atoms with Crippen LogP contribution in [0.5, 0.6) is 0 Å². The maximum absolute atomic E-state index is 3.78. The van der Waals surface area contributed by atoms with Crippen molar-refractivity contribution in [2.24, 2.45) is 0 Å². The van der Waals surface area contributed by atoms with Crippen molar-refractivity contribution in [1.82, 2.24) is 5.32 Å². The van der Waals surface area contributed by atoms with E-state index in [4.69, 9.17) is 0 Å². The van der Waals surface area contributed by atoms with Gasteiger partial charge < -0.3 is 5.32 Å². The van der Waals surface area contributed by atoms with Crippen molar-refractivity contribution >= 4 is 7.26 Å². The molecule has 0 aromatic heterocycles. The van der Waals surface area contributed by atoms with Gasteiger partial charge in [-0.3, -0.25) is 0 Å². The van der Waals surface area contributed by atoms with Gasteiger partial charge in [-0.25, -0.2) is 0 Å². The lowest BCUT2D eigenvalue weighted by Crippen LogP contribution is -2.20. The third-order valence-electron chi connectivity index (χ3n) is 7.15. The molecular weight excluding hydrogens is 393 g/mol. The molecule has 0 heterocycles. The third-order valence-corrected chi connectivity index (χ3v) is 12.2. The Morgan fingerprint density at radius 3 is 1.10 bits per heavy atom. The van der Waals surface area contributed by atoms with E-state index in [9.17, 15) is 0 Å². The predicted octanol–water partition coefficient (Wildman–Crippen LogP) is 10.1. The van der Waals surface area contributed by atoms with Crippen molar-refractivity contribution < 1.29 is 0 Å². The molecule has 0 unspecified atom stereocenters. The zero-order chi connectivity index (χ0) is 22.9. The van der Waals surface area contributed by atoms with Crippen LogP contribution in [0.3, 0.4) is 0 Å². The summed E-state index contributed by atoms with van der Waals surface area (Å²) < 4.78 is 0. The van der Waals surface area contributed by atoms with Crippen molar-refractivity contribution in [2.45, 2.75) is 150 Å². The number of hydrogen-bond acceptors (Lipinski definition) is 1. The average molecular weight is 457 g/mol. The summed E-state index contributed by atoms with van der Waals surface area (Å²) in [6, 6.07) is 0.